The molecule has 1 heterocycles. The Labute approximate surface area is 138 Å². The van der Waals surface area contributed by atoms with Crippen LogP contribution in [-0.2, 0) is 16.0 Å². The van der Waals surface area contributed by atoms with Crippen LogP contribution in [0.2, 0.25) is 0 Å². The summed E-state index contributed by atoms with van der Waals surface area (Å²) in [5.41, 5.74) is 1.93. The Morgan fingerprint density at radius 1 is 1.30 bits per heavy atom. The van der Waals surface area contributed by atoms with Gasteiger partial charge in [-0.3, -0.25) is 0 Å². The average molecular weight is 318 g/mol. The first-order valence-electron chi connectivity index (χ1n) is 8.15. The number of amides is 1. The molecule has 0 aromatic heterocycles. The number of nitrogens with one attached hydrogen (secondary N) is 1. The number of oxime groups is 1. The van der Waals surface area contributed by atoms with Gasteiger partial charge < -0.3 is 14.9 Å². The summed E-state index contributed by atoms with van der Waals surface area (Å²) in [6.07, 6.45) is 3.13. The second-order valence-electron chi connectivity index (χ2n) is 6.79. The van der Waals surface area contributed by atoms with E-state index in [-0.39, 0.29) is 12.2 Å². The van der Waals surface area contributed by atoms with E-state index in [4.69, 9.17) is 9.57 Å². The van der Waals surface area contributed by atoms with Crippen molar-refractivity contribution in [1.82, 2.24) is 5.32 Å². The maximum atomic E-state index is 11.6. The zero-order valence-electron chi connectivity index (χ0n) is 14.2. The Hall–Kier alpha value is -2.04. The highest BCUT2D eigenvalue weighted by Crippen LogP contribution is 2.17. The maximum absolute atomic E-state index is 11.6. The Balaban J connectivity index is 1.60. The number of rotatable bonds is 6. The monoisotopic (exact) mass is 318 g/mol. The summed E-state index contributed by atoms with van der Waals surface area (Å²) in [5, 5.41) is 6.91. The van der Waals surface area contributed by atoms with Crippen LogP contribution >= 0.6 is 0 Å². The predicted molar refractivity (Wildman–Crippen MR) is 90.5 cm³/mol. The Kier molecular flexibility index (Phi) is 6.02. The molecule has 1 unspecified atom stereocenters. The van der Waals surface area contributed by atoms with Gasteiger partial charge in [-0.25, -0.2) is 4.79 Å². The van der Waals surface area contributed by atoms with E-state index in [2.05, 4.69) is 22.6 Å². The van der Waals surface area contributed by atoms with Gasteiger partial charge in [0.25, 0.3) is 0 Å². The first-order chi connectivity index (χ1) is 10.9. The molecule has 2 rings (SSSR count). The molecule has 0 aliphatic carbocycles. The number of hydrogen-bond donors (Lipinski definition) is 1. The molecule has 126 valence electrons. The van der Waals surface area contributed by atoms with Crippen LogP contribution in [0.25, 0.3) is 0 Å². The molecule has 1 aromatic carbocycles. The van der Waals surface area contributed by atoms with Crippen LogP contribution in [0.1, 0.15) is 45.6 Å². The predicted octanol–water partition coefficient (Wildman–Crippen LogP) is 3.68. The zero-order valence-corrected chi connectivity index (χ0v) is 14.2. The van der Waals surface area contributed by atoms with Crippen molar-refractivity contribution >= 4 is 11.8 Å². The van der Waals surface area contributed by atoms with Crippen molar-refractivity contribution in [3.8, 4) is 0 Å². The molecule has 0 spiro atoms. The van der Waals surface area contributed by atoms with E-state index in [1.165, 1.54) is 5.56 Å². The van der Waals surface area contributed by atoms with E-state index in [0.717, 1.165) is 31.4 Å². The molecular weight excluding hydrogens is 292 g/mol. The first kappa shape index (κ1) is 17.3. The van der Waals surface area contributed by atoms with Gasteiger partial charge in [-0.1, -0.05) is 35.5 Å². The van der Waals surface area contributed by atoms with Gasteiger partial charge in [0.05, 0.1) is 5.71 Å². The van der Waals surface area contributed by atoms with Crippen molar-refractivity contribution in [3.63, 3.8) is 0 Å². The van der Waals surface area contributed by atoms with E-state index in [1.807, 2.05) is 39.0 Å². The molecule has 0 saturated heterocycles. The van der Waals surface area contributed by atoms with Crippen molar-refractivity contribution < 1.29 is 14.4 Å². The molecule has 1 atom stereocenters. The largest absolute Gasteiger partial charge is 0.444 e. The molecule has 0 radical (unpaired) electrons. The lowest BCUT2D eigenvalue weighted by molar-refractivity contribution is 0.0496. The molecule has 1 N–H and O–H groups in total. The van der Waals surface area contributed by atoms with E-state index >= 15 is 0 Å². The molecule has 0 bridgehead atoms. The third-order valence-corrected chi connectivity index (χ3v) is 3.47. The molecule has 1 aliphatic rings. The normalized spacial score (nSPS) is 17.3. The molecular formula is C18H26N2O3. The number of carbonyl (C=O) groups excluding carboxylic acids is 1. The number of aryl methyl sites for hydroxylation is 1. The van der Waals surface area contributed by atoms with Crippen molar-refractivity contribution in [2.75, 3.05) is 6.54 Å². The molecule has 1 aliphatic heterocycles. The molecule has 0 fully saturated rings. The highest BCUT2D eigenvalue weighted by Gasteiger charge is 2.21. The average Bonchev–Trinajstić information content (AvgIpc) is 2.92. The summed E-state index contributed by atoms with van der Waals surface area (Å²) in [4.78, 5) is 17.0. The fraction of sp³-hybridized carbons (Fsp3) is 0.556. The topological polar surface area (TPSA) is 59.9 Å². The third-order valence-electron chi connectivity index (χ3n) is 3.47. The SMILES string of the molecule is CC(C)(C)OC(=O)NCCC1CC(CCc2ccccc2)=NO1. The number of benzene rings is 1. The van der Waals surface area contributed by atoms with Crippen LogP contribution in [-0.4, -0.2) is 30.1 Å². The fourth-order valence-corrected chi connectivity index (χ4v) is 2.37. The molecule has 1 amide bonds. The van der Waals surface area contributed by atoms with E-state index in [1.54, 1.807) is 0 Å². The molecule has 0 saturated carbocycles. The molecule has 1 aromatic rings. The molecule has 5 nitrogen and oxygen atoms in total. The smallest absolute Gasteiger partial charge is 0.407 e. The van der Waals surface area contributed by atoms with Crippen molar-refractivity contribution in [3.05, 3.63) is 35.9 Å². The van der Waals surface area contributed by atoms with Gasteiger partial charge in [0.15, 0.2) is 0 Å². The van der Waals surface area contributed by atoms with E-state index in [9.17, 15) is 4.79 Å². The van der Waals surface area contributed by atoms with Gasteiger partial charge >= 0.3 is 6.09 Å². The van der Waals surface area contributed by atoms with Gasteiger partial charge in [-0.05, 0) is 39.2 Å². The summed E-state index contributed by atoms with van der Waals surface area (Å²) in [6.45, 7) is 6.07. The summed E-state index contributed by atoms with van der Waals surface area (Å²) in [5.74, 6) is 0. The summed E-state index contributed by atoms with van der Waals surface area (Å²) in [6, 6.07) is 10.4. The number of alkyl carbamates (subject to hydrolysis) is 1. The Morgan fingerprint density at radius 3 is 2.74 bits per heavy atom. The van der Waals surface area contributed by atoms with Crippen LogP contribution in [0.5, 0.6) is 0 Å². The lowest BCUT2D eigenvalue weighted by atomic mass is 10.0. The minimum absolute atomic E-state index is 0.0516. The Bertz CT molecular complexity index is 535. The second kappa shape index (κ2) is 7.99. The van der Waals surface area contributed by atoms with Crippen LogP contribution < -0.4 is 5.32 Å². The van der Waals surface area contributed by atoms with Gasteiger partial charge in [0.2, 0.25) is 0 Å². The van der Waals surface area contributed by atoms with Crippen LogP contribution in [0.4, 0.5) is 4.79 Å². The van der Waals surface area contributed by atoms with Crippen LogP contribution in [0, 0.1) is 0 Å². The lowest BCUT2D eigenvalue weighted by Gasteiger charge is -2.19. The van der Waals surface area contributed by atoms with E-state index in [0.29, 0.717) is 6.54 Å². The van der Waals surface area contributed by atoms with Gasteiger partial charge in [0.1, 0.15) is 11.7 Å². The highest BCUT2D eigenvalue weighted by atomic mass is 16.6. The standard InChI is InChI=1S/C18H26N2O3/c1-18(2,3)22-17(21)19-12-11-16-13-15(20-23-16)10-9-14-7-5-4-6-8-14/h4-8,16H,9-13H2,1-3H3,(H,19,21). The number of nitrogens with zero attached hydrogens (tertiary/aromatic N) is 1. The van der Waals surface area contributed by atoms with Crippen molar-refractivity contribution in [2.45, 2.75) is 58.2 Å². The lowest BCUT2D eigenvalue weighted by Crippen LogP contribution is -2.34. The quantitative estimate of drug-likeness (QED) is 0.870. The minimum atomic E-state index is -0.471. The zero-order chi connectivity index (χ0) is 16.7. The van der Waals surface area contributed by atoms with Crippen LogP contribution in [0.3, 0.4) is 0 Å². The minimum Gasteiger partial charge on any atom is -0.444 e. The van der Waals surface area contributed by atoms with Crippen molar-refractivity contribution in [2.24, 2.45) is 5.16 Å². The molecule has 23 heavy (non-hydrogen) atoms. The number of hydrogen-bond acceptors (Lipinski definition) is 4. The van der Waals surface area contributed by atoms with Gasteiger partial charge in [0, 0.05) is 19.4 Å². The third kappa shape index (κ3) is 6.72. The fourth-order valence-electron chi connectivity index (χ4n) is 2.37. The Morgan fingerprint density at radius 2 is 2.04 bits per heavy atom. The second-order valence-corrected chi connectivity index (χ2v) is 6.79. The number of carbonyl (C=O) groups is 1. The summed E-state index contributed by atoms with van der Waals surface area (Å²) >= 11 is 0. The van der Waals surface area contributed by atoms with E-state index < -0.39 is 5.60 Å². The summed E-state index contributed by atoms with van der Waals surface area (Å²) < 4.78 is 5.19. The number of ether oxygens (including phenoxy) is 1. The van der Waals surface area contributed by atoms with Crippen LogP contribution in [0.15, 0.2) is 35.5 Å². The first-order valence-corrected chi connectivity index (χ1v) is 8.15. The maximum Gasteiger partial charge on any atom is 0.407 e. The van der Waals surface area contributed by atoms with Crippen molar-refractivity contribution in [1.29, 1.82) is 0 Å². The summed E-state index contributed by atoms with van der Waals surface area (Å²) in [7, 11) is 0. The van der Waals surface area contributed by atoms with Gasteiger partial charge in [-0.2, -0.15) is 0 Å². The van der Waals surface area contributed by atoms with Gasteiger partial charge in [-0.15, -0.1) is 0 Å². The highest BCUT2D eigenvalue weighted by molar-refractivity contribution is 5.85. The molecule has 5 heteroatoms.